The summed E-state index contributed by atoms with van der Waals surface area (Å²) >= 11 is 0. The monoisotopic (exact) mass is 344 g/mol. The molecule has 0 amide bonds. The fourth-order valence-corrected chi connectivity index (χ4v) is 2.12. The summed E-state index contributed by atoms with van der Waals surface area (Å²) in [7, 11) is 0. The molecule has 0 aromatic heterocycles. The van der Waals surface area contributed by atoms with Crippen LogP contribution >= 0.6 is 0 Å². The summed E-state index contributed by atoms with van der Waals surface area (Å²) in [6.07, 6.45) is 0. The van der Waals surface area contributed by atoms with Gasteiger partial charge in [-0.2, -0.15) is 0 Å². The van der Waals surface area contributed by atoms with Gasteiger partial charge in [0, 0.05) is 12.1 Å². The average Bonchev–Trinajstić information content (AvgIpc) is 2.53. The Morgan fingerprint density at radius 3 is 2.00 bits per heavy atom. The van der Waals surface area contributed by atoms with E-state index in [1.807, 2.05) is 26.8 Å². The molecule has 2 aromatic rings. The molecular weight excluding hydrogens is 328 g/mol. The minimum atomic E-state index is -0.905. The molecule has 130 valence electrons. The first kappa shape index (κ1) is 18.1. The van der Waals surface area contributed by atoms with Gasteiger partial charge in [0.25, 0.3) is 11.4 Å². The van der Waals surface area contributed by atoms with Crippen LogP contribution in [0.25, 0.3) is 0 Å². The molecule has 0 spiro atoms. The SMILES string of the molecule is CC(C)(C)c1cccc(OC(=O)c2cc([N+](=O)[O-])cc([N+](=O)[O-])c2)c1. The molecule has 0 aliphatic rings. The number of hydrogen-bond donors (Lipinski definition) is 0. The van der Waals surface area contributed by atoms with Gasteiger partial charge >= 0.3 is 5.97 Å². The van der Waals surface area contributed by atoms with Crippen LogP contribution in [0.1, 0.15) is 36.7 Å². The van der Waals surface area contributed by atoms with Crippen molar-refractivity contribution in [3.8, 4) is 5.75 Å². The molecule has 2 rings (SSSR count). The molecule has 0 heterocycles. The molecule has 8 nitrogen and oxygen atoms in total. The third kappa shape index (κ3) is 4.37. The number of carbonyl (C=O) groups is 1. The quantitative estimate of drug-likeness (QED) is 0.358. The van der Waals surface area contributed by atoms with E-state index in [0.29, 0.717) is 0 Å². The number of rotatable bonds is 4. The minimum absolute atomic E-state index is 0.160. The lowest BCUT2D eigenvalue weighted by molar-refractivity contribution is -0.394. The van der Waals surface area contributed by atoms with E-state index < -0.39 is 27.2 Å². The molecule has 25 heavy (non-hydrogen) atoms. The van der Waals surface area contributed by atoms with Crippen molar-refractivity contribution >= 4 is 17.3 Å². The largest absolute Gasteiger partial charge is 0.423 e. The van der Waals surface area contributed by atoms with Crippen LogP contribution in [-0.2, 0) is 5.41 Å². The molecule has 0 aliphatic carbocycles. The topological polar surface area (TPSA) is 113 Å². The van der Waals surface area contributed by atoms with Gasteiger partial charge in [0.1, 0.15) is 5.75 Å². The first-order valence-corrected chi connectivity index (χ1v) is 7.34. The Morgan fingerprint density at radius 2 is 1.52 bits per heavy atom. The molecule has 0 fully saturated rings. The second kappa shape index (κ2) is 6.68. The third-order valence-corrected chi connectivity index (χ3v) is 3.47. The molecule has 0 N–H and O–H groups in total. The van der Waals surface area contributed by atoms with E-state index in [0.717, 1.165) is 23.8 Å². The average molecular weight is 344 g/mol. The number of nitro groups is 2. The summed E-state index contributed by atoms with van der Waals surface area (Å²) in [5.41, 5.74) is -0.591. The number of ether oxygens (including phenoxy) is 1. The fraction of sp³-hybridized carbons (Fsp3) is 0.235. The molecule has 0 radical (unpaired) electrons. The highest BCUT2D eigenvalue weighted by Crippen LogP contribution is 2.27. The van der Waals surface area contributed by atoms with Crippen LogP contribution in [0.5, 0.6) is 5.75 Å². The summed E-state index contributed by atoms with van der Waals surface area (Å²) in [6.45, 7) is 5.99. The summed E-state index contributed by atoms with van der Waals surface area (Å²) in [5.74, 6) is -0.649. The van der Waals surface area contributed by atoms with Crippen molar-refractivity contribution in [2.45, 2.75) is 26.2 Å². The van der Waals surface area contributed by atoms with Crippen molar-refractivity contribution in [2.75, 3.05) is 0 Å². The second-order valence-corrected chi connectivity index (χ2v) is 6.42. The maximum Gasteiger partial charge on any atom is 0.344 e. The molecule has 0 atom stereocenters. The summed E-state index contributed by atoms with van der Waals surface area (Å²) in [4.78, 5) is 32.4. The highest BCUT2D eigenvalue weighted by Gasteiger charge is 2.21. The Kier molecular flexibility index (Phi) is 4.82. The van der Waals surface area contributed by atoms with E-state index in [1.54, 1.807) is 18.2 Å². The van der Waals surface area contributed by atoms with Crippen molar-refractivity contribution in [1.82, 2.24) is 0 Å². The van der Waals surface area contributed by atoms with Gasteiger partial charge < -0.3 is 4.74 Å². The lowest BCUT2D eigenvalue weighted by Gasteiger charge is -2.19. The van der Waals surface area contributed by atoms with Crippen LogP contribution in [0.15, 0.2) is 42.5 Å². The predicted molar refractivity (Wildman–Crippen MR) is 89.9 cm³/mol. The summed E-state index contributed by atoms with van der Waals surface area (Å²) < 4.78 is 5.22. The normalized spacial score (nSPS) is 11.0. The van der Waals surface area contributed by atoms with Gasteiger partial charge in [-0.1, -0.05) is 32.9 Å². The number of esters is 1. The molecule has 0 bridgehead atoms. The van der Waals surface area contributed by atoms with Crippen molar-refractivity contribution < 1.29 is 19.4 Å². The number of hydrogen-bond acceptors (Lipinski definition) is 6. The van der Waals surface area contributed by atoms with Crippen molar-refractivity contribution in [3.05, 3.63) is 73.8 Å². The Bertz CT molecular complexity index is 822. The summed E-state index contributed by atoms with van der Waals surface area (Å²) in [6, 6.07) is 9.54. The zero-order chi connectivity index (χ0) is 18.8. The van der Waals surface area contributed by atoms with Gasteiger partial charge in [-0.25, -0.2) is 4.79 Å². The first-order valence-electron chi connectivity index (χ1n) is 7.34. The number of non-ortho nitro benzene ring substituents is 2. The number of carbonyl (C=O) groups excluding carboxylic acids is 1. The fourth-order valence-electron chi connectivity index (χ4n) is 2.12. The summed E-state index contributed by atoms with van der Waals surface area (Å²) in [5, 5.41) is 21.8. The standard InChI is InChI=1S/C17H16N2O6/c1-17(2,3)12-5-4-6-15(9-12)25-16(20)11-7-13(18(21)22)10-14(8-11)19(23)24/h4-10H,1-3H3. The molecule has 0 saturated heterocycles. The minimum Gasteiger partial charge on any atom is -0.423 e. The van der Waals surface area contributed by atoms with Gasteiger partial charge in [-0.05, 0) is 23.1 Å². The molecular formula is C17H16N2O6. The maximum absolute atomic E-state index is 12.3. The molecule has 0 saturated carbocycles. The van der Waals surface area contributed by atoms with Crippen molar-refractivity contribution in [1.29, 1.82) is 0 Å². The van der Waals surface area contributed by atoms with E-state index in [1.165, 1.54) is 0 Å². The Labute approximate surface area is 143 Å². The zero-order valence-corrected chi connectivity index (χ0v) is 13.9. The van der Waals surface area contributed by atoms with E-state index in [9.17, 15) is 25.0 Å². The Morgan fingerprint density at radius 1 is 0.960 bits per heavy atom. The van der Waals surface area contributed by atoms with E-state index in [-0.39, 0.29) is 16.7 Å². The molecule has 8 heteroatoms. The van der Waals surface area contributed by atoms with Gasteiger partial charge in [0.2, 0.25) is 0 Å². The van der Waals surface area contributed by atoms with E-state index in [2.05, 4.69) is 0 Å². The molecule has 0 aliphatic heterocycles. The number of nitro benzene ring substituents is 2. The van der Waals surface area contributed by atoms with Gasteiger partial charge in [0.15, 0.2) is 0 Å². The smallest absolute Gasteiger partial charge is 0.344 e. The van der Waals surface area contributed by atoms with Crippen LogP contribution in [0.3, 0.4) is 0 Å². The number of benzene rings is 2. The van der Waals surface area contributed by atoms with Crippen molar-refractivity contribution in [3.63, 3.8) is 0 Å². The maximum atomic E-state index is 12.3. The predicted octanol–water partition coefficient (Wildman–Crippen LogP) is 4.02. The van der Waals surface area contributed by atoms with Crippen LogP contribution in [0, 0.1) is 20.2 Å². The van der Waals surface area contributed by atoms with E-state index in [4.69, 9.17) is 4.74 Å². The second-order valence-electron chi connectivity index (χ2n) is 6.42. The molecule has 0 unspecified atom stereocenters. The van der Waals surface area contributed by atoms with Crippen LogP contribution < -0.4 is 4.74 Å². The van der Waals surface area contributed by atoms with Crippen LogP contribution in [0.2, 0.25) is 0 Å². The highest BCUT2D eigenvalue weighted by atomic mass is 16.6. The van der Waals surface area contributed by atoms with E-state index >= 15 is 0 Å². The zero-order valence-electron chi connectivity index (χ0n) is 13.9. The van der Waals surface area contributed by atoms with Gasteiger partial charge in [-0.3, -0.25) is 20.2 Å². The third-order valence-electron chi connectivity index (χ3n) is 3.47. The van der Waals surface area contributed by atoms with Crippen LogP contribution in [0.4, 0.5) is 11.4 Å². The van der Waals surface area contributed by atoms with Crippen LogP contribution in [-0.4, -0.2) is 15.8 Å². The lowest BCUT2D eigenvalue weighted by atomic mass is 9.87. The van der Waals surface area contributed by atoms with Gasteiger partial charge in [-0.15, -0.1) is 0 Å². The Balaban J connectivity index is 2.35. The molecule has 2 aromatic carbocycles. The lowest BCUT2D eigenvalue weighted by Crippen LogP contribution is -2.13. The Hall–Kier alpha value is -3.29. The van der Waals surface area contributed by atoms with Gasteiger partial charge in [0.05, 0.1) is 21.5 Å². The van der Waals surface area contributed by atoms with Crippen molar-refractivity contribution in [2.24, 2.45) is 0 Å². The first-order chi connectivity index (χ1) is 11.6. The highest BCUT2D eigenvalue weighted by molar-refractivity contribution is 5.92. The number of nitrogens with zero attached hydrogens (tertiary/aromatic N) is 2.